The summed E-state index contributed by atoms with van der Waals surface area (Å²) in [6.07, 6.45) is 1.24. The number of benzene rings is 3. The van der Waals surface area contributed by atoms with Crippen molar-refractivity contribution in [1.82, 2.24) is 10.2 Å². The molecule has 0 aliphatic rings. The van der Waals surface area contributed by atoms with Gasteiger partial charge in [-0.25, -0.2) is 0 Å². The van der Waals surface area contributed by atoms with Gasteiger partial charge in [-0.3, -0.25) is 9.59 Å². The second-order valence-corrected chi connectivity index (χ2v) is 11.0. The van der Waals surface area contributed by atoms with Gasteiger partial charge in [0.2, 0.25) is 11.8 Å². The average Bonchev–Trinajstić information content (AvgIpc) is 2.89. The zero-order chi connectivity index (χ0) is 26.8. The number of hydrogen-bond donors (Lipinski definition) is 1. The summed E-state index contributed by atoms with van der Waals surface area (Å²) in [4.78, 5) is 29.1. The molecule has 196 valence electrons. The number of aryl methyl sites for hydroxylation is 1. The summed E-state index contributed by atoms with van der Waals surface area (Å²) in [7, 11) is 0. The molecule has 0 heterocycles. The third-order valence-electron chi connectivity index (χ3n) is 6.41. The maximum Gasteiger partial charge on any atom is 0.243 e. The van der Waals surface area contributed by atoms with Gasteiger partial charge in [0.25, 0.3) is 0 Å². The monoisotopic (exact) mass is 556 g/mol. The molecular formula is C30H34Cl2N2O2S. The molecule has 2 amide bonds. The summed E-state index contributed by atoms with van der Waals surface area (Å²) < 4.78 is 0. The Bertz CT molecular complexity index is 1170. The first-order valence-corrected chi connectivity index (χ1v) is 14.4. The highest BCUT2D eigenvalue weighted by atomic mass is 35.5. The highest BCUT2D eigenvalue weighted by molar-refractivity contribution is 7.99. The number of carbonyl (C=O) groups is 2. The standard InChI is InChI=1S/C30H34Cl2N2O2S/c1-4-22(3)33-30(36)28(17-23-12-6-5-7-13-23)34(18-24-14-9-8-11-21(24)2)29(35)20-37-19-25-26(31)15-10-16-27(25)32/h5-16,22,28H,4,17-20H2,1-3H3,(H,33,36)/t22-,28+/m1/s1. The Morgan fingerprint density at radius 3 is 2.24 bits per heavy atom. The fourth-order valence-electron chi connectivity index (χ4n) is 3.96. The predicted molar refractivity (Wildman–Crippen MR) is 156 cm³/mol. The van der Waals surface area contributed by atoms with E-state index in [4.69, 9.17) is 23.2 Å². The van der Waals surface area contributed by atoms with Crippen LogP contribution in [0.5, 0.6) is 0 Å². The van der Waals surface area contributed by atoms with Crippen LogP contribution < -0.4 is 5.32 Å². The highest BCUT2D eigenvalue weighted by Crippen LogP contribution is 2.28. The molecule has 0 bridgehead atoms. The first kappa shape index (κ1) is 29.1. The van der Waals surface area contributed by atoms with Crippen LogP contribution in [0.4, 0.5) is 0 Å². The van der Waals surface area contributed by atoms with E-state index < -0.39 is 6.04 Å². The molecule has 3 aromatic carbocycles. The first-order valence-electron chi connectivity index (χ1n) is 12.5. The molecule has 0 saturated carbocycles. The molecule has 4 nitrogen and oxygen atoms in total. The van der Waals surface area contributed by atoms with E-state index >= 15 is 0 Å². The Labute approximate surface area is 234 Å². The van der Waals surface area contributed by atoms with Crippen LogP contribution in [0.1, 0.15) is 42.5 Å². The van der Waals surface area contributed by atoms with Gasteiger partial charge in [-0.2, -0.15) is 0 Å². The normalized spacial score (nSPS) is 12.6. The molecule has 0 aliphatic carbocycles. The van der Waals surface area contributed by atoms with E-state index in [1.165, 1.54) is 11.8 Å². The number of amides is 2. The average molecular weight is 558 g/mol. The SMILES string of the molecule is CC[C@@H](C)NC(=O)[C@H](Cc1ccccc1)N(Cc1ccccc1C)C(=O)CSCc1c(Cl)cccc1Cl. The molecule has 0 spiro atoms. The van der Waals surface area contributed by atoms with Crippen molar-refractivity contribution in [3.63, 3.8) is 0 Å². The van der Waals surface area contributed by atoms with Gasteiger partial charge in [0.1, 0.15) is 6.04 Å². The van der Waals surface area contributed by atoms with Gasteiger partial charge in [0.15, 0.2) is 0 Å². The van der Waals surface area contributed by atoms with Crippen molar-refractivity contribution >= 4 is 46.8 Å². The van der Waals surface area contributed by atoms with Crippen molar-refractivity contribution in [2.24, 2.45) is 0 Å². The number of thioether (sulfide) groups is 1. The number of nitrogens with zero attached hydrogens (tertiary/aromatic N) is 1. The van der Waals surface area contributed by atoms with Crippen molar-refractivity contribution in [1.29, 1.82) is 0 Å². The Morgan fingerprint density at radius 2 is 1.59 bits per heavy atom. The second kappa shape index (κ2) is 14.5. The van der Waals surface area contributed by atoms with Crippen LogP contribution in [0, 0.1) is 6.92 Å². The fraction of sp³-hybridized carbons (Fsp3) is 0.333. The van der Waals surface area contributed by atoms with Crippen LogP contribution in [0.3, 0.4) is 0 Å². The van der Waals surface area contributed by atoms with Gasteiger partial charge in [-0.05, 0) is 54.7 Å². The van der Waals surface area contributed by atoms with Gasteiger partial charge in [-0.1, -0.05) is 90.8 Å². The lowest BCUT2D eigenvalue weighted by Crippen LogP contribution is -2.52. The molecule has 0 aromatic heterocycles. The van der Waals surface area contributed by atoms with Gasteiger partial charge < -0.3 is 10.2 Å². The maximum absolute atomic E-state index is 13.8. The van der Waals surface area contributed by atoms with E-state index in [2.05, 4.69) is 5.32 Å². The van der Waals surface area contributed by atoms with Crippen LogP contribution in [-0.4, -0.2) is 34.6 Å². The van der Waals surface area contributed by atoms with Crippen molar-refractivity contribution in [3.05, 3.63) is 105 Å². The molecular weight excluding hydrogens is 523 g/mol. The van der Waals surface area contributed by atoms with Crippen LogP contribution in [-0.2, 0) is 28.3 Å². The first-order chi connectivity index (χ1) is 17.8. The van der Waals surface area contributed by atoms with E-state index in [-0.39, 0.29) is 23.6 Å². The molecule has 7 heteroatoms. The topological polar surface area (TPSA) is 49.4 Å². The minimum Gasteiger partial charge on any atom is -0.352 e. The third-order valence-corrected chi connectivity index (χ3v) is 8.06. The molecule has 0 radical (unpaired) electrons. The number of halogens is 2. The second-order valence-electron chi connectivity index (χ2n) is 9.16. The predicted octanol–water partition coefficient (Wildman–Crippen LogP) is 7.09. The number of carbonyl (C=O) groups excluding carboxylic acids is 2. The lowest BCUT2D eigenvalue weighted by Gasteiger charge is -2.32. The lowest BCUT2D eigenvalue weighted by atomic mass is 10.0. The van der Waals surface area contributed by atoms with Crippen LogP contribution >= 0.6 is 35.0 Å². The van der Waals surface area contributed by atoms with Gasteiger partial charge in [0, 0.05) is 34.8 Å². The number of rotatable bonds is 12. The molecule has 0 unspecified atom stereocenters. The van der Waals surface area contributed by atoms with Gasteiger partial charge >= 0.3 is 0 Å². The lowest BCUT2D eigenvalue weighted by molar-refractivity contribution is -0.139. The van der Waals surface area contributed by atoms with E-state index in [1.807, 2.05) is 75.4 Å². The Hall–Kier alpha value is -2.47. The zero-order valence-electron chi connectivity index (χ0n) is 21.5. The summed E-state index contributed by atoms with van der Waals surface area (Å²) in [5, 5.41) is 4.27. The smallest absolute Gasteiger partial charge is 0.243 e. The largest absolute Gasteiger partial charge is 0.352 e. The Kier molecular flexibility index (Phi) is 11.4. The zero-order valence-corrected chi connectivity index (χ0v) is 23.9. The van der Waals surface area contributed by atoms with Crippen molar-refractivity contribution in [2.75, 3.05) is 5.75 Å². The van der Waals surface area contributed by atoms with Crippen molar-refractivity contribution in [3.8, 4) is 0 Å². The summed E-state index contributed by atoms with van der Waals surface area (Å²) in [6.45, 7) is 6.39. The van der Waals surface area contributed by atoms with Crippen LogP contribution in [0.2, 0.25) is 10.0 Å². The van der Waals surface area contributed by atoms with Gasteiger partial charge in [0.05, 0.1) is 5.75 Å². The third kappa shape index (κ3) is 8.53. The quantitative estimate of drug-likeness (QED) is 0.259. The Morgan fingerprint density at radius 1 is 0.946 bits per heavy atom. The van der Waals surface area contributed by atoms with E-state index in [0.717, 1.165) is 28.7 Å². The fourth-order valence-corrected chi connectivity index (χ4v) is 5.61. The minimum atomic E-state index is -0.645. The van der Waals surface area contributed by atoms with E-state index in [1.54, 1.807) is 23.1 Å². The maximum atomic E-state index is 13.8. The van der Waals surface area contributed by atoms with Crippen LogP contribution in [0.25, 0.3) is 0 Å². The summed E-state index contributed by atoms with van der Waals surface area (Å²) in [5.74, 6) is 0.469. The molecule has 1 N–H and O–H groups in total. The molecule has 0 fully saturated rings. The minimum absolute atomic E-state index is 0.0120. The summed E-state index contributed by atoms with van der Waals surface area (Å²) in [5.41, 5.74) is 3.91. The Balaban J connectivity index is 1.89. The highest BCUT2D eigenvalue weighted by Gasteiger charge is 2.31. The van der Waals surface area contributed by atoms with Crippen molar-refractivity contribution < 1.29 is 9.59 Å². The summed E-state index contributed by atoms with van der Waals surface area (Å²) >= 11 is 14.1. The molecule has 2 atom stereocenters. The molecule has 3 aromatic rings. The number of nitrogens with one attached hydrogen (secondary N) is 1. The summed E-state index contributed by atoms with van der Waals surface area (Å²) in [6, 6.07) is 22.6. The molecule has 37 heavy (non-hydrogen) atoms. The number of hydrogen-bond acceptors (Lipinski definition) is 3. The molecule has 0 aliphatic heterocycles. The van der Waals surface area contributed by atoms with E-state index in [0.29, 0.717) is 28.8 Å². The van der Waals surface area contributed by atoms with E-state index in [9.17, 15) is 9.59 Å². The molecule has 3 rings (SSSR count). The van der Waals surface area contributed by atoms with Gasteiger partial charge in [-0.15, -0.1) is 11.8 Å². The molecule has 0 saturated heterocycles. The van der Waals surface area contributed by atoms with Crippen molar-refractivity contribution in [2.45, 2.75) is 58.0 Å². The van der Waals surface area contributed by atoms with Crippen LogP contribution in [0.15, 0.2) is 72.8 Å².